The van der Waals surface area contributed by atoms with Crippen LogP contribution in [-0.2, 0) is 0 Å². The van der Waals surface area contributed by atoms with Crippen LogP contribution < -0.4 is 5.56 Å². The van der Waals surface area contributed by atoms with E-state index in [1.165, 1.54) is 22.6 Å². The zero-order valence-electron chi connectivity index (χ0n) is 6.46. The van der Waals surface area contributed by atoms with Crippen LogP contribution in [0.3, 0.4) is 0 Å². The first kappa shape index (κ1) is 11.0. The molecule has 0 unspecified atom stereocenters. The third-order valence-corrected chi connectivity index (χ3v) is 2.31. The molecule has 0 amide bonds. The van der Waals surface area contributed by atoms with Crippen LogP contribution in [0.25, 0.3) is 0 Å². The highest BCUT2D eigenvalue weighted by Gasteiger charge is 2.21. The van der Waals surface area contributed by atoms with E-state index in [0.717, 1.165) is 6.07 Å². The molecule has 5 nitrogen and oxygen atoms in total. The Kier molecular flexibility index (Phi) is 3.13. The quantitative estimate of drug-likeness (QED) is 0.514. The van der Waals surface area contributed by atoms with Gasteiger partial charge in [0, 0.05) is 9.64 Å². The van der Waals surface area contributed by atoms with Crippen molar-refractivity contribution in [3.8, 4) is 0 Å². The zero-order chi connectivity index (χ0) is 10.9. The summed E-state index contributed by atoms with van der Waals surface area (Å²) in [6.45, 7) is 0. The number of pyridine rings is 1. The zero-order valence-corrected chi connectivity index (χ0v) is 8.62. The second kappa shape index (κ2) is 3.98. The number of nitrogens with zero attached hydrogens (tertiary/aromatic N) is 1. The van der Waals surface area contributed by atoms with Gasteiger partial charge in [-0.15, -0.1) is 0 Å². The maximum atomic E-state index is 12.2. The number of aromatic amines is 1. The van der Waals surface area contributed by atoms with Crippen molar-refractivity contribution in [3.63, 3.8) is 0 Å². The summed E-state index contributed by atoms with van der Waals surface area (Å²) in [4.78, 5) is 22.1. The van der Waals surface area contributed by atoms with Gasteiger partial charge in [-0.25, -0.2) is 18.6 Å². The van der Waals surface area contributed by atoms with Crippen LogP contribution in [0.4, 0.5) is 14.6 Å². The van der Waals surface area contributed by atoms with Gasteiger partial charge >= 0.3 is 11.4 Å². The number of rotatable bonds is 2. The van der Waals surface area contributed by atoms with Crippen molar-refractivity contribution in [2.24, 2.45) is 0 Å². The van der Waals surface area contributed by atoms with Crippen LogP contribution in [0, 0.1) is 13.7 Å². The third-order valence-electron chi connectivity index (χ3n) is 1.42. The molecule has 14 heavy (non-hydrogen) atoms. The second-order valence-electron chi connectivity index (χ2n) is 2.30. The van der Waals surface area contributed by atoms with Crippen molar-refractivity contribution in [2.45, 2.75) is 6.43 Å². The highest BCUT2D eigenvalue weighted by molar-refractivity contribution is 14.1. The molecular weight excluding hydrogens is 313 g/mol. The van der Waals surface area contributed by atoms with Crippen LogP contribution in [0.1, 0.15) is 12.0 Å². The first-order valence-corrected chi connectivity index (χ1v) is 4.36. The van der Waals surface area contributed by atoms with Crippen LogP contribution in [0.2, 0.25) is 0 Å². The Labute approximate surface area is 89.4 Å². The van der Waals surface area contributed by atoms with Gasteiger partial charge in [0.15, 0.2) is 0 Å². The molecule has 76 valence electrons. The van der Waals surface area contributed by atoms with E-state index in [0.29, 0.717) is 0 Å². The number of hydrogen-bond donors (Lipinski definition) is 1. The summed E-state index contributed by atoms with van der Waals surface area (Å²) in [7, 11) is 0. The molecule has 0 fully saturated rings. The first-order valence-electron chi connectivity index (χ1n) is 3.28. The maximum Gasteiger partial charge on any atom is 0.341 e. The van der Waals surface area contributed by atoms with Gasteiger partial charge in [-0.2, -0.15) is 0 Å². The lowest BCUT2D eigenvalue weighted by molar-refractivity contribution is -0.389. The van der Waals surface area contributed by atoms with E-state index in [9.17, 15) is 23.7 Å². The molecule has 0 spiro atoms. The van der Waals surface area contributed by atoms with Crippen LogP contribution in [0.5, 0.6) is 0 Å². The summed E-state index contributed by atoms with van der Waals surface area (Å²) in [5.41, 5.74) is -1.87. The van der Waals surface area contributed by atoms with E-state index in [-0.39, 0.29) is 3.57 Å². The number of nitrogens with one attached hydrogen (secondary N) is 1. The largest absolute Gasteiger partial charge is 0.358 e. The highest BCUT2D eigenvalue weighted by atomic mass is 127. The Bertz CT molecular complexity index is 432. The van der Waals surface area contributed by atoms with Gasteiger partial charge in [-0.1, -0.05) is 0 Å². The lowest BCUT2D eigenvalue weighted by Crippen LogP contribution is -2.16. The molecule has 0 aromatic carbocycles. The average Bonchev–Trinajstić information content (AvgIpc) is 2.01. The predicted octanol–water partition coefficient (Wildman–Crippen LogP) is 1.83. The molecule has 0 aliphatic heterocycles. The fraction of sp³-hybridized carbons (Fsp3) is 0.167. The van der Waals surface area contributed by atoms with Gasteiger partial charge in [0.05, 0.1) is 0 Å². The van der Waals surface area contributed by atoms with E-state index in [1.54, 1.807) is 4.98 Å². The minimum absolute atomic E-state index is 0.118. The fourth-order valence-electron chi connectivity index (χ4n) is 0.828. The molecule has 1 heterocycles. The minimum Gasteiger partial charge on any atom is -0.358 e. The van der Waals surface area contributed by atoms with E-state index in [4.69, 9.17) is 0 Å². The summed E-state index contributed by atoms with van der Waals surface area (Å²) < 4.78 is 24.3. The lowest BCUT2D eigenvalue weighted by atomic mass is 10.3. The Morgan fingerprint density at radius 3 is 2.50 bits per heavy atom. The van der Waals surface area contributed by atoms with Crippen molar-refractivity contribution in [1.29, 1.82) is 0 Å². The normalized spacial score (nSPS) is 10.6. The van der Waals surface area contributed by atoms with Crippen LogP contribution >= 0.6 is 22.6 Å². The number of alkyl halides is 2. The fourth-order valence-corrected chi connectivity index (χ4v) is 1.60. The lowest BCUT2D eigenvalue weighted by Gasteiger charge is -2.00. The topological polar surface area (TPSA) is 76.0 Å². The minimum atomic E-state index is -2.94. The van der Waals surface area contributed by atoms with Gasteiger partial charge in [0.2, 0.25) is 0 Å². The van der Waals surface area contributed by atoms with Gasteiger partial charge in [0.25, 0.3) is 6.43 Å². The summed E-state index contributed by atoms with van der Waals surface area (Å²) in [5.74, 6) is -0.594. The molecule has 0 radical (unpaired) electrons. The Morgan fingerprint density at radius 2 is 2.14 bits per heavy atom. The summed E-state index contributed by atoms with van der Waals surface area (Å²) in [6.07, 6.45) is -2.94. The molecule has 1 aromatic heterocycles. The molecule has 1 N–H and O–H groups in total. The molecule has 0 saturated carbocycles. The van der Waals surface area contributed by atoms with E-state index in [2.05, 4.69) is 0 Å². The molecule has 0 aliphatic rings. The van der Waals surface area contributed by atoms with E-state index >= 15 is 0 Å². The smallest absolute Gasteiger partial charge is 0.341 e. The summed E-state index contributed by atoms with van der Waals surface area (Å²) in [6, 6.07) is 0.892. The monoisotopic (exact) mass is 316 g/mol. The molecule has 1 rings (SSSR count). The van der Waals surface area contributed by atoms with Crippen molar-refractivity contribution >= 4 is 28.4 Å². The van der Waals surface area contributed by atoms with Gasteiger partial charge < -0.3 is 10.1 Å². The second-order valence-corrected chi connectivity index (χ2v) is 3.47. The van der Waals surface area contributed by atoms with Gasteiger partial charge in [-0.05, 0) is 27.5 Å². The van der Waals surface area contributed by atoms with Crippen LogP contribution in [-0.4, -0.2) is 9.91 Å². The summed E-state index contributed by atoms with van der Waals surface area (Å²) >= 11 is 1.46. The average molecular weight is 316 g/mol. The molecule has 0 bridgehead atoms. The number of hydrogen-bond acceptors (Lipinski definition) is 3. The molecule has 1 aromatic rings. The van der Waals surface area contributed by atoms with Crippen molar-refractivity contribution in [1.82, 2.24) is 4.98 Å². The van der Waals surface area contributed by atoms with Gasteiger partial charge in [0.1, 0.15) is 5.56 Å². The SMILES string of the molecule is O=c1[nH]c([N+](=O)[O-])cc(I)c1C(F)F. The number of H-pyrrole nitrogens is 1. The number of halogens is 3. The molecule has 0 atom stereocenters. The first-order chi connectivity index (χ1) is 6.43. The highest BCUT2D eigenvalue weighted by Crippen LogP contribution is 2.22. The van der Waals surface area contributed by atoms with Crippen LogP contribution in [0.15, 0.2) is 10.9 Å². The number of nitro groups is 1. The van der Waals surface area contributed by atoms with E-state index < -0.39 is 28.3 Å². The molecule has 0 aliphatic carbocycles. The van der Waals surface area contributed by atoms with Gasteiger partial charge in [-0.3, -0.25) is 0 Å². The standard InChI is InChI=1S/C6H3F2IN2O3/c7-5(8)4-2(9)1-3(11(13)14)10-6(4)12/h1,5H,(H,10,12). The number of aromatic nitrogens is 1. The van der Waals surface area contributed by atoms with Crippen molar-refractivity contribution in [2.75, 3.05) is 0 Å². The molecule has 0 saturated heterocycles. The predicted molar refractivity (Wildman–Crippen MR) is 51.4 cm³/mol. The summed E-state index contributed by atoms with van der Waals surface area (Å²) in [5, 5.41) is 10.2. The van der Waals surface area contributed by atoms with E-state index in [1.807, 2.05) is 0 Å². The third kappa shape index (κ3) is 2.05. The molecule has 8 heteroatoms. The van der Waals surface area contributed by atoms with Crippen molar-refractivity contribution < 1.29 is 13.7 Å². The Hall–Kier alpha value is -1.06. The molecular formula is C6H3F2IN2O3. The Morgan fingerprint density at radius 1 is 1.57 bits per heavy atom. The Balaban J connectivity index is 3.40. The maximum absolute atomic E-state index is 12.2. The van der Waals surface area contributed by atoms with Crippen molar-refractivity contribution in [3.05, 3.63) is 35.7 Å².